The molecule has 0 radical (unpaired) electrons. The van der Waals surface area contributed by atoms with Crippen molar-refractivity contribution in [3.63, 3.8) is 0 Å². The van der Waals surface area contributed by atoms with Gasteiger partial charge in [-0.25, -0.2) is 0 Å². The van der Waals surface area contributed by atoms with E-state index >= 15 is 0 Å². The summed E-state index contributed by atoms with van der Waals surface area (Å²) in [4.78, 5) is 14.2. The molecule has 1 amide bonds. The van der Waals surface area contributed by atoms with Gasteiger partial charge in [-0.05, 0) is 45.2 Å². The molecule has 2 rings (SSSR count). The third-order valence-corrected chi connectivity index (χ3v) is 3.88. The van der Waals surface area contributed by atoms with E-state index in [2.05, 4.69) is 36.6 Å². The van der Waals surface area contributed by atoms with E-state index in [1.54, 1.807) is 0 Å². The first-order valence-corrected chi connectivity index (χ1v) is 7.03. The van der Waals surface area contributed by atoms with Crippen LogP contribution in [0.2, 0.25) is 0 Å². The first-order valence-electron chi connectivity index (χ1n) is 6.21. The zero-order valence-corrected chi connectivity index (χ0v) is 11.3. The monoisotopic (exact) mass is 252 g/mol. The van der Waals surface area contributed by atoms with Crippen molar-refractivity contribution in [2.45, 2.75) is 45.2 Å². The molecule has 1 aliphatic carbocycles. The van der Waals surface area contributed by atoms with Crippen molar-refractivity contribution in [2.75, 3.05) is 6.54 Å². The average molecular weight is 252 g/mol. The molecule has 1 saturated carbocycles. The summed E-state index contributed by atoms with van der Waals surface area (Å²) in [7, 11) is 0. The van der Waals surface area contributed by atoms with Gasteiger partial charge in [-0.1, -0.05) is 0 Å². The second-order valence-corrected chi connectivity index (χ2v) is 6.21. The molecule has 1 unspecified atom stereocenters. The minimum Gasteiger partial charge on any atom is -0.352 e. The van der Waals surface area contributed by atoms with Gasteiger partial charge in [0.25, 0.3) is 0 Å². The van der Waals surface area contributed by atoms with Gasteiger partial charge in [-0.3, -0.25) is 4.79 Å². The smallest absolute Gasteiger partial charge is 0.234 e. The van der Waals surface area contributed by atoms with Crippen molar-refractivity contribution in [2.24, 2.45) is 0 Å². The number of thiophene rings is 1. The fraction of sp³-hybridized carbons (Fsp3) is 0.615. The SMILES string of the molecule is Cc1ccc(CC(C)NCC(=O)NC2CC2)s1. The largest absolute Gasteiger partial charge is 0.352 e. The van der Waals surface area contributed by atoms with Gasteiger partial charge in [0, 0.05) is 21.8 Å². The van der Waals surface area contributed by atoms with E-state index < -0.39 is 0 Å². The standard InChI is InChI=1S/C13H20N2OS/c1-9(7-12-6-3-10(2)17-12)14-8-13(16)15-11-4-5-11/h3,6,9,11,14H,4-5,7-8H2,1-2H3,(H,15,16). The summed E-state index contributed by atoms with van der Waals surface area (Å²) in [6.45, 7) is 4.68. The Morgan fingerprint density at radius 1 is 1.53 bits per heavy atom. The van der Waals surface area contributed by atoms with Crippen LogP contribution in [0.1, 0.15) is 29.5 Å². The first-order chi connectivity index (χ1) is 8.13. The molecule has 1 aromatic rings. The van der Waals surface area contributed by atoms with E-state index in [-0.39, 0.29) is 5.91 Å². The number of aryl methyl sites for hydroxylation is 1. The molecule has 1 aromatic heterocycles. The summed E-state index contributed by atoms with van der Waals surface area (Å²) in [5, 5.41) is 6.25. The van der Waals surface area contributed by atoms with Crippen LogP contribution in [-0.2, 0) is 11.2 Å². The number of carbonyl (C=O) groups excluding carboxylic acids is 1. The summed E-state index contributed by atoms with van der Waals surface area (Å²) in [5.41, 5.74) is 0. The van der Waals surface area contributed by atoms with Crippen LogP contribution in [0, 0.1) is 6.92 Å². The van der Waals surface area contributed by atoms with Gasteiger partial charge in [0.2, 0.25) is 5.91 Å². The maximum atomic E-state index is 11.5. The molecule has 3 nitrogen and oxygen atoms in total. The van der Waals surface area contributed by atoms with Gasteiger partial charge >= 0.3 is 0 Å². The molecule has 17 heavy (non-hydrogen) atoms. The van der Waals surface area contributed by atoms with Crippen LogP contribution in [0.4, 0.5) is 0 Å². The molecular weight excluding hydrogens is 232 g/mol. The zero-order valence-electron chi connectivity index (χ0n) is 10.5. The highest BCUT2D eigenvalue weighted by molar-refractivity contribution is 7.11. The number of rotatable bonds is 6. The van der Waals surface area contributed by atoms with Crippen LogP contribution in [0.3, 0.4) is 0 Å². The lowest BCUT2D eigenvalue weighted by molar-refractivity contribution is -0.120. The van der Waals surface area contributed by atoms with Crippen LogP contribution in [0.5, 0.6) is 0 Å². The number of amides is 1. The lowest BCUT2D eigenvalue weighted by Crippen LogP contribution is -2.39. The predicted molar refractivity (Wildman–Crippen MR) is 71.4 cm³/mol. The molecule has 1 aliphatic rings. The van der Waals surface area contributed by atoms with E-state index in [0.717, 1.165) is 19.3 Å². The number of hydrogen-bond acceptors (Lipinski definition) is 3. The third kappa shape index (κ3) is 4.48. The Morgan fingerprint density at radius 3 is 2.88 bits per heavy atom. The zero-order chi connectivity index (χ0) is 12.3. The summed E-state index contributed by atoms with van der Waals surface area (Å²) >= 11 is 1.83. The number of carbonyl (C=O) groups is 1. The second-order valence-electron chi connectivity index (χ2n) is 4.84. The van der Waals surface area contributed by atoms with Crippen LogP contribution >= 0.6 is 11.3 Å². The molecule has 1 heterocycles. The minimum absolute atomic E-state index is 0.127. The van der Waals surface area contributed by atoms with E-state index in [1.165, 1.54) is 9.75 Å². The Kier molecular flexibility index (Phi) is 4.18. The van der Waals surface area contributed by atoms with Gasteiger partial charge in [0.15, 0.2) is 0 Å². The van der Waals surface area contributed by atoms with Crippen molar-refractivity contribution >= 4 is 17.2 Å². The summed E-state index contributed by atoms with van der Waals surface area (Å²) < 4.78 is 0. The molecule has 0 bridgehead atoms. The van der Waals surface area contributed by atoms with Crippen molar-refractivity contribution in [3.8, 4) is 0 Å². The van der Waals surface area contributed by atoms with Gasteiger partial charge in [-0.15, -0.1) is 11.3 Å². The topological polar surface area (TPSA) is 41.1 Å². The van der Waals surface area contributed by atoms with Crippen molar-refractivity contribution in [1.29, 1.82) is 0 Å². The van der Waals surface area contributed by atoms with Crippen molar-refractivity contribution in [3.05, 3.63) is 21.9 Å². The lowest BCUT2D eigenvalue weighted by atomic mass is 10.2. The second kappa shape index (κ2) is 5.65. The van der Waals surface area contributed by atoms with E-state index in [0.29, 0.717) is 18.6 Å². The Hall–Kier alpha value is -0.870. The highest BCUT2D eigenvalue weighted by Crippen LogP contribution is 2.18. The van der Waals surface area contributed by atoms with E-state index in [4.69, 9.17) is 0 Å². The van der Waals surface area contributed by atoms with Gasteiger partial charge < -0.3 is 10.6 Å². The summed E-state index contributed by atoms with van der Waals surface area (Å²) in [6, 6.07) is 5.12. The first kappa shape index (κ1) is 12.6. The van der Waals surface area contributed by atoms with Gasteiger partial charge in [0.05, 0.1) is 6.54 Å². The molecule has 0 aromatic carbocycles. The number of hydrogen-bond donors (Lipinski definition) is 2. The highest BCUT2D eigenvalue weighted by atomic mass is 32.1. The molecular formula is C13H20N2OS. The Morgan fingerprint density at radius 2 is 2.29 bits per heavy atom. The van der Waals surface area contributed by atoms with Crippen LogP contribution in [0.15, 0.2) is 12.1 Å². The minimum atomic E-state index is 0.127. The quantitative estimate of drug-likeness (QED) is 0.811. The Balaban J connectivity index is 1.66. The molecule has 1 atom stereocenters. The van der Waals surface area contributed by atoms with Crippen molar-refractivity contribution in [1.82, 2.24) is 10.6 Å². The molecule has 0 aliphatic heterocycles. The van der Waals surface area contributed by atoms with Gasteiger partial charge in [0.1, 0.15) is 0 Å². The number of nitrogens with one attached hydrogen (secondary N) is 2. The fourth-order valence-corrected chi connectivity index (χ4v) is 2.76. The Labute approximate surface area is 107 Å². The van der Waals surface area contributed by atoms with Crippen molar-refractivity contribution < 1.29 is 4.79 Å². The highest BCUT2D eigenvalue weighted by Gasteiger charge is 2.22. The van der Waals surface area contributed by atoms with E-state index in [1.807, 2.05) is 11.3 Å². The van der Waals surface area contributed by atoms with Crippen LogP contribution in [-0.4, -0.2) is 24.5 Å². The fourth-order valence-electron chi connectivity index (χ4n) is 1.74. The molecule has 1 fully saturated rings. The summed E-state index contributed by atoms with van der Waals surface area (Å²) in [5.74, 6) is 0.127. The third-order valence-electron chi connectivity index (χ3n) is 2.86. The maximum Gasteiger partial charge on any atom is 0.234 e. The summed E-state index contributed by atoms with van der Waals surface area (Å²) in [6.07, 6.45) is 3.29. The lowest BCUT2D eigenvalue weighted by Gasteiger charge is -2.12. The molecule has 94 valence electrons. The predicted octanol–water partition coefficient (Wildman–Crippen LogP) is 1.86. The van der Waals surface area contributed by atoms with Crippen LogP contribution < -0.4 is 10.6 Å². The van der Waals surface area contributed by atoms with E-state index in [9.17, 15) is 4.79 Å². The Bertz CT molecular complexity index is 385. The normalized spacial score (nSPS) is 16.8. The van der Waals surface area contributed by atoms with Crippen LogP contribution in [0.25, 0.3) is 0 Å². The molecule has 2 N–H and O–H groups in total. The molecule has 4 heteroatoms. The maximum absolute atomic E-state index is 11.5. The molecule has 0 saturated heterocycles. The molecule has 0 spiro atoms. The van der Waals surface area contributed by atoms with Gasteiger partial charge in [-0.2, -0.15) is 0 Å². The average Bonchev–Trinajstić information content (AvgIpc) is 2.99.